The molecule has 5 aromatic rings. The molecule has 0 radical (unpaired) electrons. The Morgan fingerprint density at radius 1 is 0.818 bits per heavy atom. The first kappa shape index (κ1) is 20.4. The molecule has 0 atom stereocenters. The molecule has 0 bridgehead atoms. The van der Waals surface area contributed by atoms with E-state index in [4.69, 9.17) is 4.98 Å². The molecular weight excluding hydrogens is 410 g/mol. The number of carbonyl (C=O) groups is 1. The summed E-state index contributed by atoms with van der Waals surface area (Å²) in [7, 11) is 0. The van der Waals surface area contributed by atoms with Crippen LogP contribution in [0.1, 0.15) is 18.3 Å². The summed E-state index contributed by atoms with van der Waals surface area (Å²) >= 11 is 0. The molecule has 0 aliphatic heterocycles. The highest BCUT2D eigenvalue weighted by atomic mass is 16.1. The van der Waals surface area contributed by atoms with Crippen molar-refractivity contribution in [1.82, 2.24) is 9.55 Å². The highest BCUT2D eigenvalue weighted by Crippen LogP contribution is 2.22. The Bertz CT molecular complexity index is 1580. The lowest BCUT2D eigenvalue weighted by Crippen LogP contribution is -2.22. The van der Waals surface area contributed by atoms with Gasteiger partial charge in [0.1, 0.15) is 5.82 Å². The average Bonchev–Trinajstić information content (AvgIpc) is 2.83. The number of anilines is 1. The Morgan fingerprint density at radius 2 is 1.52 bits per heavy atom. The lowest BCUT2D eigenvalue weighted by Gasteiger charge is -2.12. The molecular formula is C28H21N3O2. The second kappa shape index (κ2) is 8.55. The maximum Gasteiger partial charge on any atom is 0.266 e. The third-order valence-corrected chi connectivity index (χ3v) is 5.48. The van der Waals surface area contributed by atoms with Crippen LogP contribution in [0, 0.1) is 0 Å². The van der Waals surface area contributed by atoms with Gasteiger partial charge < -0.3 is 5.32 Å². The summed E-state index contributed by atoms with van der Waals surface area (Å²) in [6.45, 7) is 1.46. The van der Waals surface area contributed by atoms with Crippen LogP contribution in [-0.4, -0.2) is 15.5 Å². The first-order valence-electron chi connectivity index (χ1n) is 10.7. The van der Waals surface area contributed by atoms with Crippen LogP contribution in [0.2, 0.25) is 0 Å². The van der Waals surface area contributed by atoms with Crippen LogP contribution in [0.3, 0.4) is 0 Å². The maximum atomic E-state index is 13.5. The van der Waals surface area contributed by atoms with Gasteiger partial charge in [0.15, 0.2) is 0 Å². The number of carbonyl (C=O) groups excluding carboxylic acids is 1. The standard InChI is InChI=1S/C28H21N3O2/c1-19(32)29-22-14-16-23(17-15-22)31-27(30-26-12-5-4-11-25(26)28(31)33)18-13-21-9-6-8-20-7-2-3-10-24(20)21/h2-18H,1H3,(H,29,32). The quantitative estimate of drug-likeness (QED) is 0.399. The molecule has 0 aliphatic carbocycles. The number of benzene rings is 4. The molecule has 0 saturated heterocycles. The highest BCUT2D eigenvalue weighted by molar-refractivity contribution is 5.93. The smallest absolute Gasteiger partial charge is 0.266 e. The monoisotopic (exact) mass is 431 g/mol. The Kier molecular flexibility index (Phi) is 5.29. The molecule has 0 spiro atoms. The highest BCUT2D eigenvalue weighted by Gasteiger charge is 2.11. The van der Waals surface area contributed by atoms with Crippen molar-refractivity contribution in [3.8, 4) is 5.69 Å². The van der Waals surface area contributed by atoms with E-state index in [1.54, 1.807) is 34.9 Å². The summed E-state index contributed by atoms with van der Waals surface area (Å²) in [6, 6.07) is 28.8. The van der Waals surface area contributed by atoms with Gasteiger partial charge >= 0.3 is 0 Å². The zero-order valence-electron chi connectivity index (χ0n) is 18.0. The van der Waals surface area contributed by atoms with Crippen molar-refractivity contribution in [1.29, 1.82) is 0 Å². The summed E-state index contributed by atoms with van der Waals surface area (Å²) in [4.78, 5) is 29.6. The number of rotatable bonds is 4. The summed E-state index contributed by atoms with van der Waals surface area (Å²) in [5.41, 5.74) is 2.88. The van der Waals surface area contributed by atoms with Crippen molar-refractivity contribution < 1.29 is 4.79 Å². The first-order chi connectivity index (χ1) is 16.1. The van der Waals surface area contributed by atoms with Crippen LogP contribution < -0.4 is 10.9 Å². The number of fused-ring (bicyclic) bond motifs is 2. The fraction of sp³-hybridized carbons (Fsp3) is 0.0357. The van der Waals surface area contributed by atoms with Gasteiger partial charge in [0.2, 0.25) is 5.91 Å². The van der Waals surface area contributed by atoms with E-state index in [-0.39, 0.29) is 11.5 Å². The number of nitrogens with zero attached hydrogens (tertiary/aromatic N) is 2. The Labute approximate surface area is 190 Å². The van der Waals surface area contributed by atoms with Crippen molar-refractivity contribution in [3.63, 3.8) is 0 Å². The molecule has 1 amide bonds. The van der Waals surface area contributed by atoms with Crippen LogP contribution in [0.25, 0.3) is 39.5 Å². The Balaban J connectivity index is 1.67. The van der Waals surface area contributed by atoms with E-state index in [9.17, 15) is 9.59 Å². The minimum absolute atomic E-state index is 0.147. The fourth-order valence-corrected chi connectivity index (χ4v) is 3.97. The molecule has 5 nitrogen and oxygen atoms in total. The third kappa shape index (κ3) is 4.04. The molecule has 5 heteroatoms. The topological polar surface area (TPSA) is 64.0 Å². The summed E-state index contributed by atoms with van der Waals surface area (Å²) in [5, 5.41) is 5.58. The molecule has 0 fully saturated rings. The van der Waals surface area contributed by atoms with Crippen molar-refractivity contribution >= 4 is 45.4 Å². The van der Waals surface area contributed by atoms with Crippen molar-refractivity contribution in [2.24, 2.45) is 0 Å². The van der Waals surface area contributed by atoms with Crippen LogP contribution in [0.15, 0.2) is 95.8 Å². The SMILES string of the molecule is CC(=O)Nc1ccc(-n2c(C=Cc3cccc4ccccc34)nc3ccccc3c2=O)cc1. The summed E-state index contributed by atoms with van der Waals surface area (Å²) < 4.78 is 1.60. The summed E-state index contributed by atoms with van der Waals surface area (Å²) in [5.74, 6) is 0.380. The Hall–Kier alpha value is -4.51. The first-order valence-corrected chi connectivity index (χ1v) is 10.7. The molecule has 0 saturated carbocycles. The second-order valence-electron chi connectivity index (χ2n) is 7.76. The number of nitrogens with one attached hydrogen (secondary N) is 1. The number of amides is 1. The van der Waals surface area contributed by atoms with Crippen molar-refractivity contribution in [2.45, 2.75) is 6.92 Å². The van der Waals surface area contributed by atoms with Gasteiger partial charge in [-0.3, -0.25) is 14.2 Å². The van der Waals surface area contributed by atoms with E-state index in [0.29, 0.717) is 28.1 Å². The second-order valence-corrected chi connectivity index (χ2v) is 7.76. The average molecular weight is 431 g/mol. The van der Waals surface area contributed by atoms with Gasteiger partial charge in [-0.05, 0) is 58.8 Å². The van der Waals surface area contributed by atoms with Gasteiger partial charge in [-0.25, -0.2) is 4.98 Å². The zero-order valence-corrected chi connectivity index (χ0v) is 18.0. The molecule has 1 aromatic heterocycles. The molecule has 4 aromatic carbocycles. The van der Waals surface area contributed by atoms with Gasteiger partial charge in [0.25, 0.3) is 5.56 Å². The van der Waals surface area contributed by atoms with Crippen molar-refractivity contribution in [2.75, 3.05) is 5.32 Å². The molecule has 160 valence electrons. The van der Waals surface area contributed by atoms with Crippen LogP contribution in [0.4, 0.5) is 5.69 Å². The molecule has 1 heterocycles. The number of hydrogen-bond acceptors (Lipinski definition) is 3. The molecule has 0 aliphatic rings. The van der Waals surface area contributed by atoms with Gasteiger partial charge in [-0.2, -0.15) is 0 Å². The van der Waals surface area contributed by atoms with E-state index < -0.39 is 0 Å². The van der Waals surface area contributed by atoms with Gasteiger partial charge in [-0.1, -0.05) is 60.7 Å². The third-order valence-electron chi connectivity index (χ3n) is 5.48. The van der Waals surface area contributed by atoms with E-state index in [2.05, 4.69) is 23.5 Å². The van der Waals surface area contributed by atoms with E-state index in [1.165, 1.54) is 6.92 Å². The minimum atomic E-state index is -0.148. The number of hydrogen-bond donors (Lipinski definition) is 1. The lowest BCUT2D eigenvalue weighted by molar-refractivity contribution is -0.114. The van der Waals surface area contributed by atoms with Crippen molar-refractivity contribution in [3.05, 3.63) is 113 Å². The predicted molar refractivity (Wildman–Crippen MR) is 135 cm³/mol. The van der Waals surface area contributed by atoms with E-state index >= 15 is 0 Å². The molecule has 0 unspecified atom stereocenters. The predicted octanol–water partition coefficient (Wildman–Crippen LogP) is 5.67. The largest absolute Gasteiger partial charge is 0.326 e. The summed E-state index contributed by atoms with van der Waals surface area (Å²) in [6.07, 6.45) is 3.86. The Morgan fingerprint density at radius 3 is 2.30 bits per heavy atom. The number of para-hydroxylation sites is 1. The van der Waals surface area contributed by atoms with Gasteiger partial charge in [0, 0.05) is 12.6 Å². The van der Waals surface area contributed by atoms with Crippen LogP contribution in [0.5, 0.6) is 0 Å². The van der Waals surface area contributed by atoms with Crippen LogP contribution in [-0.2, 0) is 4.79 Å². The fourth-order valence-electron chi connectivity index (χ4n) is 3.97. The normalized spacial score (nSPS) is 11.3. The molecule has 33 heavy (non-hydrogen) atoms. The number of aromatic nitrogens is 2. The van der Waals surface area contributed by atoms with Gasteiger partial charge in [-0.15, -0.1) is 0 Å². The molecule has 1 N–H and O–H groups in total. The lowest BCUT2D eigenvalue weighted by atomic mass is 10.0. The zero-order chi connectivity index (χ0) is 22.8. The maximum absolute atomic E-state index is 13.5. The molecule has 5 rings (SSSR count). The van der Waals surface area contributed by atoms with Gasteiger partial charge in [0.05, 0.1) is 16.6 Å². The van der Waals surface area contributed by atoms with E-state index in [0.717, 1.165) is 16.3 Å². The van der Waals surface area contributed by atoms with E-state index in [1.807, 2.05) is 54.6 Å². The van der Waals surface area contributed by atoms with Crippen LogP contribution >= 0.6 is 0 Å². The minimum Gasteiger partial charge on any atom is -0.326 e.